The van der Waals surface area contributed by atoms with E-state index in [1.54, 1.807) is 14.2 Å². The molecular weight excluding hydrogens is 339 g/mol. The van der Waals surface area contributed by atoms with E-state index < -0.39 is 0 Å². The average Bonchev–Trinajstić information content (AvgIpc) is 2.41. The highest BCUT2D eigenvalue weighted by atomic mass is 127. The first-order valence-corrected chi connectivity index (χ1v) is 6.57. The topological polar surface area (TPSA) is 34.0 Å². The van der Waals surface area contributed by atoms with Gasteiger partial charge in [-0.05, 0) is 46.9 Å². The van der Waals surface area contributed by atoms with Crippen molar-refractivity contribution in [2.75, 3.05) is 14.2 Å². The summed E-state index contributed by atoms with van der Waals surface area (Å²) in [5.41, 5.74) is 2.57. The SMILES string of the molecule is C/N=C1\C=CC=C\C1=N\c1c(I)cccc1OC. The molecule has 1 aliphatic carbocycles. The lowest BCUT2D eigenvalue weighted by Crippen LogP contribution is -2.11. The molecule has 0 saturated carbocycles. The number of methoxy groups -OCH3 is 1. The molecule has 3 nitrogen and oxygen atoms in total. The van der Waals surface area contributed by atoms with Gasteiger partial charge in [0.2, 0.25) is 0 Å². The average molecular weight is 352 g/mol. The molecule has 0 amide bonds. The molecule has 0 aromatic heterocycles. The van der Waals surface area contributed by atoms with E-state index in [-0.39, 0.29) is 0 Å². The van der Waals surface area contributed by atoms with Crippen molar-refractivity contribution in [3.8, 4) is 5.75 Å². The van der Waals surface area contributed by atoms with Crippen LogP contribution in [0.2, 0.25) is 0 Å². The maximum absolute atomic E-state index is 5.34. The fourth-order valence-corrected chi connectivity index (χ4v) is 2.23. The maximum atomic E-state index is 5.34. The van der Waals surface area contributed by atoms with Crippen LogP contribution in [0.15, 0.2) is 52.5 Å². The van der Waals surface area contributed by atoms with Crippen LogP contribution in [0.5, 0.6) is 5.75 Å². The Labute approximate surface area is 120 Å². The number of aliphatic imine (C=N–C) groups is 2. The minimum atomic E-state index is 0.771. The molecule has 1 aliphatic rings. The van der Waals surface area contributed by atoms with Crippen LogP contribution < -0.4 is 4.74 Å². The van der Waals surface area contributed by atoms with Gasteiger partial charge in [-0.1, -0.05) is 18.2 Å². The van der Waals surface area contributed by atoms with Crippen molar-refractivity contribution in [1.29, 1.82) is 0 Å². The van der Waals surface area contributed by atoms with Crippen LogP contribution in [-0.2, 0) is 0 Å². The highest BCUT2D eigenvalue weighted by Crippen LogP contribution is 2.32. The van der Waals surface area contributed by atoms with Crippen molar-refractivity contribution in [2.24, 2.45) is 9.98 Å². The zero-order valence-corrected chi connectivity index (χ0v) is 12.4. The molecule has 0 N–H and O–H groups in total. The van der Waals surface area contributed by atoms with Crippen molar-refractivity contribution >= 4 is 39.7 Å². The summed E-state index contributed by atoms with van der Waals surface area (Å²) in [7, 11) is 3.42. The Morgan fingerprint density at radius 2 is 1.83 bits per heavy atom. The predicted molar refractivity (Wildman–Crippen MR) is 84.4 cm³/mol. The highest BCUT2D eigenvalue weighted by Gasteiger charge is 2.10. The predicted octanol–water partition coefficient (Wildman–Crippen LogP) is 3.57. The Morgan fingerprint density at radius 1 is 1.11 bits per heavy atom. The van der Waals surface area contributed by atoms with Gasteiger partial charge < -0.3 is 4.74 Å². The molecule has 1 aromatic rings. The van der Waals surface area contributed by atoms with Crippen LogP contribution in [0.4, 0.5) is 5.69 Å². The lowest BCUT2D eigenvalue weighted by molar-refractivity contribution is 0.416. The number of benzene rings is 1. The molecule has 18 heavy (non-hydrogen) atoms. The zero-order valence-electron chi connectivity index (χ0n) is 10.2. The van der Waals surface area contributed by atoms with Gasteiger partial charge in [0.25, 0.3) is 0 Å². The third-order valence-corrected chi connectivity index (χ3v) is 3.40. The fraction of sp³-hybridized carbons (Fsp3) is 0.143. The summed E-state index contributed by atoms with van der Waals surface area (Å²) in [4.78, 5) is 8.87. The number of hydrogen-bond donors (Lipinski definition) is 0. The van der Waals surface area contributed by atoms with Gasteiger partial charge in [-0.15, -0.1) is 0 Å². The number of para-hydroxylation sites is 1. The van der Waals surface area contributed by atoms with Gasteiger partial charge in [-0.2, -0.15) is 0 Å². The van der Waals surface area contributed by atoms with Gasteiger partial charge in [0.1, 0.15) is 11.4 Å². The van der Waals surface area contributed by atoms with Crippen molar-refractivity contribution in [1.82, 2.24) is 0 Å². The van der Waals surface area contributed by atoms with E-state index in [2.05, 4.69) is 32.6 Å². The normalized spacial score (nSPS) is 18.6. The lowest BCUT2D eigenvalue weighted by Gasteiger charge is -2.09. The summed E-state index contributed by atoms with van der Waals surface area (Å²) in [6, 6.07) is 5.87. The van der Waals surface area contributed by atoms with Gasteiger partial charge in [0, 0.05) is 10.6 Å². The first-order chi connectivity index (χ1) is 8.76. The molecule has 2 rings (SSSR count). The zero-order chi connectivity index (χ0) is 13.0. The Balaban J connectivity index is 2.51. The summed E-state index contributed by atoms with van der Waals surface area (Å²) in [5, 5.41) is 0. The second kappa shape index (κ2) is 5.95. The van der Waals surface area contributed by atoms with Crippen molar-refractivity contribution in [3.63, 3.8) is 0 Å². The number of hydrogen-bond acceptors (Lipinski definition) is 3. The second-order valence-corrected chi connectivity index (χ2v) is 4.78. The molecule has 0 bridgehead atoms. The molecule has 0 fully saturated rings. The number of allylic oxidation sites excluding steroid dienone is 4. The Kier molecular flexibility index (Phi) is 4.30. The van der Waals surface area contributed by atoms with E-state index in [4.69, 9.17) is 4.74 Å². The molecular formula is C14H13IN2O. The fourth-order valence-electron chi connectivity index (χ4n) is 1.64. The molecule has 1 aromatic carbocycles. The van der Waals surface area contributed by atoms with E-state index in [0.717, 1.165) is 26.4 Å². The molecule has 4 heteroatoms. The minimum Gasteiger partial charge on any atom is -0.494 e. The number of nitrogens with zero attached hydrogens (tertiary/aromatic N) is 2. The molecule has 0 aliphatic heterocycles. The van der Waals surface area contributed by atoms with Gasteiger partial charge >= 0.3 is 0 Å². The summed E-state index contributed by atoms with van der Waals surface area (Å²) >= 11 is 2.26. The third-order valence-electron chi connectivity index (χ3n) is 2.52. The first kappa shape index (κ1) is 13.0. The highest BCUT2D eigenvalue weighted by molar-refractivity contribution is 14.1. The Morgan fingerprint density at radius 3 is 2.50 bits per heavy atom. The van der Waals surface area contributed by atoms with Gasteiger partial charge in [-0.25, -0.2) is 4.99 Å². The third kappa shape index (κ3) is 2.69. The summed E-state index contributed by atoms with van der Waals surface area (Å²) in [5.74, 6) is 0.771. The van der Waals surface area contributed by atoms with Crippen LogP contribution in [0.1, 0.15) is 0 Å². The van der Waals surface area contributed by atoms with E-state index in [1.165, 1.54) is 0 Å². The number of rotatable bonds is 2. The van der Waals surface area contributed by atoms with Gasteiger partial charge in [0.15, 0.2) is 0 Å². The minimum absolute atomic E-state index is 0.771. The molecule has 0 saturated heterocycles. The molecule has 92 valence electrons. The van der Waals surface area contributed by atoms with Crippen molar-refractivity contribution < 1.29 is 4.74 Å². The standard InChI is InChI=1S/C14H13IN2O/c1-16-11-7-3-4-8-12(11)17-14-10(15)6-5-9-13(14)18-2/h3-9H,1-2H3/b16-11+,17-12-. The molecule has 0 spiro atoms. The second-order valence-electron chi connectivity index (χ2n) is 3.61. The summed E-state index contributed by atoms with van der Waals surface area (Å²) in [6.45, 7) is 0. The molecule has 0 unspecified atom stereocenters. The summed E-state index contributed by atoms with van der Waals surface area (Å²) < 4.78 is 6.40. The smallest absolute Gasteiger partial charge is 0.145 e. The van der Waals surface area contributed by atoms with Crippen LogP contribution in [0.3, 0.4) is 0 Å². The lowest BCUT2D eigenvalue weighted by atomic mass is 10.1. The van der Waals surface area contributed by atoms with Gasteiger partial charge in [0.05, 0.1) is 18.5 Å². The molecule has 0 radical (unpaired) electrons. The van der Waals surface area contributed by atoms with E-state index in [9.17, 15) is 0 Å². The van der Waals surface area contributed by atoms with Crippen LogP contribution >= 0.6 is 22.6 Å². The molecule has 0 heterocycles. The first-order valence-electron chi connectivity index (χ1n) is 5.49. The van der Waals surface area contributed by atoms with Crippen LogP contribution in [0.25, 0.3) is 0 Å². The van der Waals surface area contributed by atoms with Crippen LogP contribution in [0, 0.1) is 3.57 Å². The van der Waals surface area contributed by atoms with E-state index in [0.29, 0.717) is 0 Å². The van der Waals surface area contributed by atoms with Crippen LogP contribution in [-0.4, -0.2) is 25.6 Å². The maximum Gasteiger partial charge on any atom is 0.145 e. The molecule has 0 atom stereocenters. The van der Waals surface area contributed by atoms with Crippen molar-refractivity contribution in [3.05, 3.63) is 46.1 Å². The Bertz CT molecular complexity index is 571. The number of halogens is 1. The quantitative estimate of drug-likeness (QED) is 0.592. The Hall–Kier alpha value is -1.43. The summed E-state index contributed by atoms with van der Waals surface area (Å²) in [6.07, 6.45) is 7.80. The number of ether oxygens (including phenoxy) is 1. The van der Waals surface area contributed by atoms with E-state index in [1.807, 2.05) is 42.5 Å². The van der Waals surface area contributed by atoms with Crippen molar-refractivity contribution in [2.45, 2.75) is 0 Å². The monoisotopic (exact) mass is 352 g/mol. The largest absolute Gasteiger partial charge is 0.494 e. The van der Waals surface area contributed by atoms with E-state index >= 15 is 0 Å². The van der Waals surface area contributed by atoms with Gasteiger partial charge in [-0.3, -0.25) is 4.99 Å².